The maximum atomic E-state index is 5.83. The average molecular weight is 404 g/mol. The maximum Gasteiger partial charge on any atom is 0.320 e. The molecule has 8 nitrogen and oxygen atoms in total. The Morgan fingerprint density at radius 3 is 2.70 bits per heavy atom. The number of anilines is 2. The minimum absolute atomic E-state index is 0.312. The molecular weight excluding hydrogens is 380 g/mol. The van der Waals surface area contributed by atoms with Gasteiger partial charge in [0, 0.05) is 37.5 Å². The Hall–Kier alpha value is -3.52. The molecule has 0 bridgehead atoms. The Bertz CT molecular complexity index is 946. The Morgan fingerprint density at radius 1 is 1.07 bits per heavy atom. The van der Waals surface area contributed by atoms with Crippen LogP contribution in [0.1, 0.15) is 11.3 Å². The van der Waals surface area contributed by atoms with E-state index >= 15 is 0 Å². The summed E-state index contributed by atoms with van der Waals surface area (Å²) in [6.45, 7) is 3.34. The van der Waals surface area contributed by atoms with Crippen LogP contribution in [-0.4, -0.2) is 54.1 Å². The smallest absolute Gasteiger partial charge is 0.320 e. The van der Waals surface area contributed by atoms with E-state index in [0.29, 0.717) is 38.1 Å². The number of rotatable bonds is 8. The van der Waals surface area contributed by atoms with E-state index in [1.165, 1.54) is 0 Å². The summed E-state index contributed by atoms with van der Waals surface area (Å²) in [5.74, 6) is 1.37. The Kier molecular flexibility index (Phi) is 6.80. The molecule has 4 rings (SSSR count). The summed E-state index contributed by atoms with van der Waals surface area (Å²) in [6.07, 6.45) is 4.21. The van der Waals surface area contributed by atoms with Crippen molar-refractivity contribution >= 4 is 17.9 Å². The van der Waals surface area contributed by atoms with Crippen molar-refractivity contribution in [2.75, 3.05) is 43.2 Å². The third kappa shape index (κ3) is 5.74. The average Bonchev–Trinajstić information content (AvgIpc) is 2.81. The molecule has 8 heteroatoms. The van der Waals surface area contributed by atoms with E-state index in [1.54, 1.807) is 12.4 Å². The van der Waals surface area contributed by atoms with E-state index < -0.39 is 0 Å². The van der Waals surface area contributed by atoms with Gasteiger partial charge in [0.1, 0.15) is 5.82 Å². The van der Waals surface area contributed by atoms with Crippen LogP contribution in [0.15, 0.2) is 65.9 Å². The van der Waals surface area contributed by atoms with E-state index in [-0.39, 0.29) is 0 Å². The third-order valence-corrected chi connectivity index (χ3v) is 4.53. The number of hydrogen-bond acceptors (Lipinski definition) is 8. The van der Waals surface area contributed by atoms with Gasteiger partial charge in [-0.3, -0.25) is 10.4 Å². The zero-order valence-corrected chi connectivity index (χ0v) is 16.6. The Labute approximate surface area is 175 Å². The minimum Gasteiger partial charge on any atom is -0.463 e. The Morgan fingerprint density at radius 2 is 1.90 bits per heavy atom. The number of aromatic nitrogens is 3. The van der Waals surface area contributed by atoms with Crippen LogP contribution in [0.25, 0.3) is 0 Å². The number of hydrogen-bond donors (Lipinski definition) is 1. The van der Waals surface area contributed by atoms with Gasteiger partial charge in [-0.2, -0.15) is 15.1 Å². The van der Waals surface area contributed by atoms with E-state index in [2.05, 4.69) is 30.4 Å². The molecule has 1 aliphatic rings. The summed E-state index contributed by atoms with van der Waals surface area (Å²) >= 11 is 0. The molecule has 1 N–H and O–H groups in total. The lowest BCUT2D eigenvalue weighted by molar-refractivity contribution is 0.122. The van der Waals surface area contributed by atoms with Crippen LogP contribution in [-0.2, 0) is 11.2 Å². The molecule has 3 heterocycles. The van der Waals surface area contributed by atoms with Crippen LogP contribution in [0.2, 0.25) is 0 Å². The molecule has 1 aromatic carbocycles. The van der Waals surface area contributed by atoms with Crippen molar-refractivity contribution in [2.45, 2.75) is 6.42 Å². The lowest BCUT2D eigenvalue weighted by atomic mass is 10.2. The molecule has 0 spiro atoms. The van der Waals surface area contributed by atoms with Crippen molar-refractivity contribution in [3.05, 3.63) is 72.1 Å². The Balaban J connectivity index is 1.46. The second-order valence-electron chi connectivity index (χ2n) is 6.69. The molecule has 0 amide bonds. The predicted molar refractivity (Wildman–Crippen MR) is 116 cm³/mol. The number of hydrazone groups is 1. The fourth-order valence-corrected chi connectivity index (χ4v) is 2.99. The molecule has 0 aliphatic carbocycles. The van der Waals surface area contributed by atoms with Crippen LogP contribution in [0, 0.1) is 0 Å². The first-order chi connectivity index (χ1) is 14.9. The first-order valence-corrected chi connectivity index (χ1v) is 9.95. The molecule has 1 fully saturated rings. The van der Waals surface area contributed by atoms with Crippen molar-refractivity contribution in [3.63, 3.8) is 0 Å². The number of morpholine rings is 1. The van der Waals surface area contributed by atoms with Crippen LogP contribution < -0.4 is 15.1 Å². The number of nitrogens with zero attached hydrogens (tertiary/aromatic N) is 5. The topological polar surface area (TPSA) is 84.8 Å². The van der Waals surface area contributed by atoms with Gasteiger partial charge in [0.2, 0.25) is 0 Å². The predicted octanol–water partition coefficient (Wildman–Crippen LogP) is 2.78. The van der Waals surface area contributed by atoms with Gasteiger partial charge in [0.15, 0.2) is 5.82 Å². The molecule has 1 saturated heterocycles. The lowest BCUT2D eigenvalue weighted by Gasteiger charge is -2.28. The lowest BCUT2D eigenvalue weighted by Crippen LogP contribution is -2.36. The standard InChI is InChI=1S/C22H24N6O2/c1-2-6-18(7-3-1)17-24-27-20-16-21(28-11-14-29-15-12-28)26-22(25-20)30-13-9-19-8-4-5-10-23-19/h1-8,10,16-17H,9,11-15H2,(H,25,26,27)/b24-17+. The zero-order valence-electron chi connectivity index (χ0n) is 16.6. The highest BCUT2D eigenvalue weighted by Crippen LogP contribution is 2.20. The van der Waals surface area contributed by atoms with Crippen LogP contribution in [0.4, 0.5) is 11.6 Å². The minimum atomic E-state index is 0.312. The van der Waals surface area contributed by atoms with E-state index in [9.17, 15) is 0 Å². The summed E-state index contributed by atoms with van der Waals surface area (Å²) in [5, 5.41) is 4.29. The molecule has 30 heavy (non-hydrogen) atoms. The highest BCUT2D eigenvalue weighted by molar-refractivity contribution is 5.79. The van der Waals surface area contributed by atoms with E-state index in [1.807, 2.05) is 54.6 Å². The monoisotopic (exact) mass is 404 g/mol. The van der Waals surface area contributed by atoms with Crippen molar-refractivity contribution in [1.29, 1.82) is 0 Å². The molecular formula is C22H24N6O2. The van der Waals surface area contributed by atoms with Crippen molar-refractivity contribution in [2.24, 2.45) is 5.10 Å². The maximum absolute atomic E-state index is 5.83. The van der Waals surface area contributed by atoms with Crippen LogP contribution >= 0.6 is 0 Å². The van der Waals surface area contributed by atoms with Gasteiger partial charge in [-0.25, -0.2) is 0 Å². The molecule has 3 aromatic rings. The number of ether oxygens (including phenoxy) is 2. The quantitative estimate of drug-likeness (QED) is 0.456. The number of nitrogens with one attached hydrogen (secondary N) is 1. The molecule has 0 radical (unpaired) electrons. The molecule has 0 unspecified atom stereocenters. The third-order valence-electron chi connectivity index (χ3n) is 4.53. The summed E-state index contributed by atoms with van der Waals surface area (Å²) in [7, 11) is 0. The second kappa shape index (κ2) is 10.3. The van der Waals surface area contributed by atoms with Gasteiger partial charge in [0.05, 0.1) is 26.0 Å². The van der Waals surface area contributed by atoms with Gasteiger partial charge in [-0.05, 0) is 17.7 Å². The van der Waals surface area contributed by atoms with Gasteiger partial charge in [-0.1, -0.05) is 36.4 Å². The fourth-order valence-electron chi connectivity index (χ4n) is 2.99. The fraction of sp³-hybridized carbons (Fsp3) is 0.273. The van der Waals surface area contributed by atoms with Crippen molar-refractivity contribution in [3.8, 4) is 6.01 Å². The van der Waals surface area contributed by atoms with Crippen molar-refractivity contribution in [1.82, 2.24) is 15.0 Å². The highest BCUT2D eigenvalue weighted by atomic mass is 16.5. The normalized spacial score (nSPS) is 14.1. The van der Waals surface area contributed by atoms with Gasteiger partial charge < -0.3 is 14.4 Å². The number of pyridine rings is 1. The van der Waals surface area contributed by atoms with Gasteiger partial charge in [-0.15, -0.1) is 0 Å². The van der Waals surface area contributed by atoms with E-state index in [4.69, 9.17) is 9.47 Å². The summed E-state index contributed by atoms with van der Waals surface area (Å²) in [4.78, 5) is 15.5. The van der Waals surface area contributed by atoms with Gasteiger partial charge >= 0.3 is 6.01 Å². The molecule has 1 aliphatic heterocycles. The first-order valence-electron chi connectivity index (χ1n) is 9.95. The second-order valence-corrected chi connectivity index (χ2v) is 6.69. The van der Waals surface area contributed by atoms with Crippen molar-refractivity contribution < 1.29 is 9.47 Å². The summed E-state index contributed by atoms with van der Waals surface area (Å²) in [6, 6.07) is 17.9. The molecule has 154 valence electrons. The largest absolute Gasteiger partial charge is 0.463 e. The first kappa shape index (κ1) is 19.8. The van der Waals surface area contributed by atoms with Crippen LogP contribution in [0.3, 0.4) is 0 Å². The highest BCUT2D eigenvalue weighted by Gasteiger charge is 2.15. The SMILES string of the molecule is C(=N\Nc1cc(N2CCOCC2)nc(OCCc2ccccn2)n1)/c1ccccc1. The van der Waals surface area contributed by atoms with E-state index in [0.717, 1.165) is 30.2 Å². The molecule has 0 atom stereocenters. The molecule has 2 aromatic heterocycles. The van der Waals surface area contributed by atoms with Gasteiger partial charge in [0.25, 0.3) is 0 Å². The zero-order chi connectivity index (χ0) is 20.4. The van der Waals surface area contributed by atoms with Crippen LogP contribution in [0.5, 0.6) is 6.01 Å². The number of benzene rings is 1. The summed E-state index contributed by atoms with van der Waals surface area (Å²) in [5.41, 5.74) is 4.95. The molecule has 0 saturated carbocycles. The summed E-state index contributed by atoms with van der Waals surface area (Å²) < 4.78 is 11.3.